The average Bonchev–Trinajstić information content (AvgIpc) is 2.70. The van der Waals surface area contributed by atoms with Gasteiger partial charge >= 0.3 is 5.69 Å². The lowest BCUT2D eigenvalue weighted by Gasteiger charge is -2.34. The molecule has 0 aliphatic carbocycles. The van der Waals surface area contributed by atoms with E-state index in [1.807, 2.05) is 18.2 Å². The fraction of sp³-hybridized carbons (Fsp3) is 0.350. The highest BCUT2D eigenvalue weighted by atomic mass is 16.6. The third kappa shape index (κ3) is 5.28. The first-order chi connectivity index (χ1) is 13.5. The van der Waals surface area contributed by atoms with Gasteiger partial charge in [0, 0.05) is 50.5 Å². The van der Waals surface area contributed by atoms with E-state index in [9.17, 15) is 14.9 Å². The summed E-state index contributed by atoms with van der Waals surface area (Å²) in [7, 11) is 1.36. The Morgan fingerprint density at radius 1 is 1.11 bits per heavy atom. The van der Waals surface area contributed by atoms with Gasteiger partial charge in [-0.2, -0.15) is 0 Å². The molecule has 1 fully saturated rings. The number of nitrogens with zero attached hydrogens (tertiary/aromatic N) is 3. The summed E-state index contributed by atoms with van der Waals surface area (Å²) in [5.74, 6) is -0.0234. The summed E-state index contributed by atoms with van der Waals surface area (Å²) >= 11 is 0. The summed E-state index contributed by atoms with van der Waals surface area (Å²) in [6, 6.07) is 14.7. The number of hydrogen-bond acceptors (Lipinski definition) is 6. The molecule has 1 N–H and O–H groups in total. The molecular weight excluding hydrogens is 360 g/mol. The molecule has 1 amide bonds. The maximum Gasteiger partial charge on any atom is 0.311 e. The van der Waals surface area contributed by atoms with E-state index in [1.165, 1.54) is 30.9 Å². The number of carbonyl (C=O) groups excluding carboxylic acids is 1. The molecule has 2 aromatic carbocycles. The van der Waals surface area contributed by atoms with Crippen LogP contribution in [0, 0.1) is 10.1 Å². The van der Waals surface area contributed by atoms with Gasteiger partial charge in [0.1, 0.15) is 0 Å². The molecule has 1 heterocycles. The van der Waals surface area contributed by atoms with Gasteiger partial charge < -0.3 is 10.1 Å². The molecule has 0 bridgehead atoms. The monoisotopic (exact) mass is 384 g/mol. The number of anilines is 1. The summed E-state index contributed by atoms with van der Waals surface area (Å²) in [5, 5.41) is 13.7. The fourth-order valence-corrected chi connectivity index (χ4v) is 3.26. The van der Waals surface area contributed by atoms with Crippen molar-refractivity contribution in [2.75, 3.05) is 45.2 Å². The third-order valence-electron chi connectivity index (χ3n) is 4.74. The second-order valence-electron chi connectivity index (χ2n) is 6.73. The number of piperazine rings is 1. The van der Waals surface area contributed by atoms with Gasteiger partial charge in [-0.1, -0.05) is 30.3 Å². The molecule has 0 spiro atoms. The van der Waals surface area contributed by atoms with Crippen LogP contribution in [0.2, 0.25) is 0 Å². The Hall–Kier alpha value is -2.97. The van der Waals surface area contributed by atoms with E-state index in [0.29, 0.717) is 12.2 Å². The number of amides is 1. The number of nitrogens with one attached hydrogen (secondary N) is 1. The molecule has 28 heavy (non-hydrogen) atoms. The smallest absolute Gasteiger partial charge is 0.311 e. The summed E-state index contributed by atoms with van der Waals surface area (Å²) in [6.45, 7) is 4.68. The molecule has 0 unspecified atom stereocenters. The second kappa shape index (κ2) is 9.29. The molecule has 3 rings (SSSR count). The molecule has 0 saturated carbocycles. The first kappa shape index (κ1) is 19.8. The van der Waals surface area contributed by atoms with Crippen LogP contribution in [0.25, 0.3) is 0 Å². The lowest BCUT2D eigenvalue weighted by molar-refractivity contribution is -0.385. The van der Waals surface area contributed by atoms with Crippen LogP contribution in [-0.4, -0.2) is 60.5 Å². The van der Waals surface area contributed by atoms with Crippen molar-refractivity contribution in [1.82, 2.24) is 9.80 Å². The van der Waals surface area contributed by atoms with Crippen LogP contribution in [0.15, 0.2) is 48.5 Å². The number of carbonyl (C=O) groups is 1. The molecule has 8 heteroatoms. The molecule has 148 valence electrons. The predicted octanol–water partition coefficient (Wildman–Crippen LogP) is 2.36. The number of hydrogen-bond donors (Lipinski definition) is 1. The van der Waals surface area contributed by atoms with Crippen LogP contribution < -0.4 is 10.1 Å². The number of rotatable bonds is 7. The van der Waals surface area contributed by atoms with Crippen LogP contribution in [0.1, 0.15) is 5.56 Å². The van der Waals surface area contributed by atoms with Crippen LogP contribution >= 0.6 is 0 Å². The van der Waals surface area contributed by atoms with Crippen molar-refractivity contribution in [3.8, 4) is 5.75 Å². The maximum atomic E-state index is 12.3. The minimum Gasteiger partial charge on any atom is -0.490 e. The summed E-state index contributed by atoms with van der Waals surface area (Å²) < 4.78 is 5.03. The van der Waals surface area contributed by atoms with E-state index in [4.69, 9.17) is 4.74 Å². The van der Waals surface area contributed by atoms with Crippen LogP contribution in [0.3, 0.4) is 0 Å². The van der Waals surface area contributed by atoms with Crippen molar-refractivity contribution in [2.45, 2.75) is 6.54 Å². The maximum absolute atomic E-state index is 12.3. The van der Waals surface area contributed by atoms with Gasteiger partial charge in [-0.3, -0.25) is 24.7 Å². The Balaban J connectivity index is 1.47. The topological polar surface area (TPSA) is 88.0 Å². The highest BCUT2D eigenvalue weighted by Gasteiger charge is 2.20. The Bertz CT molecular complexity index is 820. The van der Waals surface area contributed by atoms with E-state index in [-0.39, 0.29) is 17.3 Å². The van der Waals surface area contributed by atoms with Crippen molar-refractivity contribution < 1.29 is 14.5 Å². The van der Waals surface area contributed by atoms with E-state index in [2.05, 4.69) is 27.2 Å². The highest BCUT2D eigenvalue weighted by Crippen LogP contribution is 2.29. The number of methoxy groups -OCH3 is 1. The highest BCUT2D eigenvalue weighted by molar-refractivity contribution is 5.92. The van der Waals surface area contributed by atoms with E-state index in [0.717, 1.165) is 32.7 Å². The number of benzene rings is 2. The van der Waals surface area contributed by atoms with Crippen LogP contribution in [0.4, 0.5) is 11.4 Å². The molecule has 1 aliphatic heterocycles. The Kier molecular flexibility index (Phi) is 6.57. The van der Waals surface area contributed by atoms with Crippen LogP contribution in [-0.2, 0) is 11.3 Å². The van der Waals surface area contributed by atoms with Crippen molar-refractivity contribution in [2.24, 2.45) is 0 Å². The largest absolute Gasteiger partial charge is 0.490 e. The molecule has 0 aromatic heterocycles. The SMILES string of the molecule is COc1cc(NC(=O)CN2CCN(Cc3ccccc3)CC2)ccc1[N+](=O)[O-]. The minimum absolute atomic E-state index is 0.123. The Morgan fingerprint density at radius 3 is 2.43 bits per heavy atom. The first-order valence-corrected chi connectivity index (χ1v) is 9.16. The van der Waals surface area contributed by atoms with Crippen molar-refractivity contribution in [3.05, 3.63) is 64.2 Å². The first-order valence-electron chi connectivity index (χ1n) is 9.16. The zero-order valence-corrected chi connectivity index (χ0v) is 15.8. The number of nitro benzene ring substituents is 1. The van der Waals surface area contributed by atoms with Gasteiger partial charge in [-0.05, 0) is 11.6 Å². The summed E-state index contributed by atoms with van der Waals surface area (Å²) in [4.78, 5) is 27.3. The third-order valence-corrected chi connectivity index (χ3v) is 4.74. The molecule has 1 aliphatic rings. The standard InChI is InChI=1S/C20H24N4O4/c1-28-19-13-17(7-8-18(19)24(26)27)21-20(25)15-23-11-9-22(10-12-23)14-16-5-3-2-4-6-16/h2-8,13H,9-12,14-15H2,1H3,(H,21,25). The van der Waals surface area contributed by atoms with Gasteiger partial charge in [0.15, 0.2) is 5.75 Å². The Morgan fingerprint density at radius 2 is 1.79 bits per heavy atom. The number of nitro groups is 1. The lowest BCUT2D eigenvalue weighted by atomic mass is 10.2. The second-order valence-corrected chi connectivity index (χ2v) is 6.73. The molecule has 1 saturated heterocycles. The number of ether oxygens (including phenoxy) is 1. The summed E-state index contributed by atoms with van der Waals surface area (Å²) in [5.41, 5.74) is 1.64. The lowest BCUT2D eigenvalue weighted by Crippen LogP contribution is -2.48. The molecule has 0 atom stereocenters. The van der Waals surface area contributed by atoms with E-state index in [1.54, 1.807) is 0 Å². The van der Waals surface area contributed by atoms with Gasteiger partial charge in [-0.15, -0.1) is 0 Å². The zero-order chi connectivity index (χ0) is 19.9. The summed E-state index contributed by atoms with van der Waals surface area (Å²) in [6.07, 6.45) is 0. The molecule has 2 aromatic rings. The zero-order valence-electron chi connectivity index (χ0n) is 15.8. The van der Waals surface area contributed by atoms with Gasteiger partial charge in [0.25, 0.3) is 0 Å². The fourth-order valence-electron chi connectivity index (χ4n) is 3.26. The molecule has 0 radical (unpaired) electrons. The molecular formula is C20H24N4O4. The quantitative estimate of drug-likeness (QED) is 0.582. The normalized spacial score (nSPS) is 15.2. The predicted molar refractivity (Wildman–Crippen MR) is 106 cm³/mol. The van der Waals surface area contributed by atoms with E-state index < -0.39 is 4.92 Å². The van der Waals surface area contributed by atoms with Crippen molar-refractivity contribution in [1.29, 1.82) is 0 Å². The van der Waals surface area contributed by atoms with Gasteiger partial charge in [-0.25, -0.2) is 0 Å². The van der Waals surface area contributed by atoms with Crippen molar-refractivity contribution >= 4 is 17.3 Å². The van der Waals surface area contributed by atoms with E-state index >= 15 is 0 Å². The Labute approximate surface area is 163 Å². The van der Waals surface area contributed by atoms with Crippen LogP contribution in [0.5, 0.6) is 5.75 Å². The minimum atomic E-state index is -0.515. The average molecular weight is 384 g/mol. The van der Waals surface area contributed by atoms with Gasteiger partial charge in [0.05, 0.1) is 18.6 Å². The van der Waals surface area contributed by atoms with Gasteiger partial charge in [0.2, 0.25) is 5.91 Å². The van der Waals surface area contributed by atoms with Crippen molar-refractivity contribution in [3.63, 3.8) is 0 Å². The molecule has 8 nitrogen and oxygen atoms in total.